The minimum absolute atomic E-state index is 0.0498. The highest BCUT2D eigenvalue weighted by Gasteiger charge is 2.39. The van der Waals surface area contributed by atoms with E-state index in [9.17, 15) is 9.59 Å². The van der Waals surface area contributed by atoms with Gasteiger partial charge >= 0.3 is 0 Å². The minimum Gasteiger partial charge on any atom is -0.268 e. The molecule has 3 nitrogen and oxygen atoms in total. The number of imide groups is 1. The molecule has 0 radical (unpaired) electrons. The number of hydrogen-bond acceptors (Lipinski definition) is 4. The van der Waals surface area contributed by atoms with Crippen LogP contribution in [0.5, 0.6) is 0 Å². The molecule has 0 aromatic heterocycles. The summed E-state index contributed by atoms with van der Waals surface area (Å²) in [5.74, 6) is 1.32. The smallest absolute Gasteiger partial charge is 0.268 e. The zero-order chi connectivity index (χ0) is 9.42. The quantitative estimate of drug-likeness (QED) is 0.389. The first kappa shape index (κ1) is 9.43. The fraction of sp³-hybridized carbons (Fsp3) is 0.429. The van der Waals surface area contributed by atoms with Crippen molar-refractivity contribution in [2.24, 2.45) is 0 Å². The molecule has 0 bridgehead atoms. The Labute approximate surface area is 88.9 Å². The third-order valence-corrected chi connectivity index (χ3v) is 4.56. The maximum absolute atomic E-state index is 11.5. The molecule has 0 N–H and O–H groups in total. The Morgan fingerprint density at radius 1 is 1.15 bits per heavy atom. The molecular weight excluding hydrogens is 230 g/mol. The molecular formula is C7H6ClNO2S2. The first-order chi connectivity index (χ1) is 6.25. The van der Waals surface area contributed by atoms with E-state index in [0.717, 1.165) is 16.4 Å². The number of nitrogens with zero attached hydrogens (tertiary/aromatic N) is 1. The molecule has 0 saturated heterocycles. The molecule has 2 aliphatic rings. The molecule has 2 aliphatic heterocycles. The lowest BCUT2D eigenvalue weighted by molar-refractivity contribution is -0.135. The van der Waals surface area contributed by atoms with Crippen LogP contribution in [-0.4, -0.2) is 34.2 Å². The first-order valence-corrected chi connectivity index (χ1v) is 6.18. The highest BCUT2D eigenvalue weighted by Crippen LogP contribution is 2.40. The van der Waals surface area contributed by atoms with Gasteiger partial charge in [-0.05, 0) is 0 Å². The van der Waals surface area contributed by atoms with E-state index in [0.29, 0.717) is 9.81 Å². The summed E-state index contributed by atoms with van der Waals surface area (Å²) < 4.78 is 0. The van der Waals surface area contributed by atoms with Crippen molar-refractivity contribution < 1.29 is 9.59 Å². The number of alkyl halides is 1. The van der Waals surface area contributed by atoms with Crippen LogP contribution in [0.15, 0.2) is 9.81 Å². The Morgan fingerprint density at radius 2 is 1.62 bits per heavy atom. The zero-order valence-electron chi connectivity index (χ0n) is 6.58. The van der Waals surface area contributed by atoms with E-state index in [1.807, 2.05) is 0 Å². The van der Waals surface area contributed by atoms with E-state index >= 15 is 0 Å². The molecule has 0 unspecified atom stereocenters. The molecule has 2 amide bonds. The molecule has 0 aromatic rings. The van der Waals surface area contributed by atoms with Crippen LogP contribution in [0.2, 0.25) is 0 Å². The molecule has 6 heteroatoms. The Kier molecular flexibility index (Phi) is 2.58. The zero-order valence-corrected chi connectivity index (χ0v) is 8.97. The van der Waals surface area contributed by atoms with E-state index in [-0.39, 0.29) is 17.8 Å². The maximum Gasteiger partial charge on any atom is 0.269 e. The van der Waals surface area contributed by atoms with Gasteiger partial charge in [0.2, 0.25) is 0 Å². The van der Waals surface area contributed by atoms with Gasteiger partial charge in [0.05, 0.1) is 9.81 Å². The number of hydrogen-bond donors (Lipinski definition) is 0. The average Bonchev–Trinajstić information content (AvgIpc) is 2.41. The number of thioether (sulfide) groups is 2. The molecule has 0 aliphatic carbocycles. The van der Waals surface area contributed by atoms with Crippen LogP contribution in [0, 0.1) is 0 Å². The fourth-order valence-electron chi connectivity index (χ4n) is 1.18. The van der Waals surface area contributed by atoms with Gasteiger partial charge in [0, 0.05) is 11.5 Å². The summed E-state index contributed by atoms with van der Waals surface area (Å²) in [6.45, 7) is 0. The van der Waals surface area contributed by atoms with Gasteiger partial charge in [-0.1, -0.05) is 0 Å². The van der Waals surface area contributed by atoms with Gasteiger partial charge in [-0.2, -0.15) is 0 Å². The summed E-state index contributed by atoms with van der Waals surface area (Å²) in [6, 6.07) is -0.0498. The van der Waals surface area contributed by atoms with E-state index in [4.69, 9.17) is 11.6 Å². The Bertz CT molecular complexity index is 288. The second-order valence-electron chi connectivity index (χ2n) is 2.51. The standard InChI is InChI=1S/C7H6ClNO2S2/c8-3-9-6(10)4-5(7(9)11)13-2-1-12-4/h1-3H2. The molecule has 2 heterocycles. The Balaban J connectivity index is 2.35. The van der Waals surface area contributed by atoms with Crippen molar-refractivity contribution in [1.82, 2.24) is 4.90 Å². The van der Waals surface area contributed by atoms with Gasteiger partial charge in [0.25, 0.3) is 11.8 Å². The van der Waals surface area contributed by atoms with Crippen molar-refractivity contribution in [2.75, 3.05) is 17.5 Å². The van der Waals surface area contributed by atoms with Crippen molar-refractivity contribution in [3.63, 3.8) is 0 Å². The van der Waals surface area contributed by atoms with Crippen LogP contribution in [0.25, 0.3) is 0 Å². The SMILES string of the molecule is O=C1C2=C(SCCS2)C(=O)N1CCl. The summed E-state index contributed by atoms with van der Waals surface area (Å²) in [6.07, 6.45) is 0. The third-order valence-electron chi connectivity index (χ3n) is 1.78. The molecule has 0 fully saturated rings. The highest BCUT2D eigenvalue weighted by atomic mass is 35.5. The normalized spacial score (nSPS) is 22.7. The van der Waals surface area contributed by atoms with Gasteiger partial charge in [0.15, 0.2) is 0 Å². The molecule has 0 aromatic carbocycles. The topological polar surface area (TPSA) is 37.4 Å². The van der Waals surface area contributed by atoms with Crippen LogP contribution in [-0.2, 0) is 9.59 Å². The Hall–Kier alpha value is -0.130. The van der Waals surface area contributed by atoms with E-state index in [1.165, 1.54) is 23.5 Å². The van der Waals surface area contributed by atoms with Gasteiger partial charge in [-0.3, -0.25) is 14.5 Å². The molecule has 70 valence electrons. The van der Waals surface area contributed by atoms with Crippen molar-refractivity contribution in [3.05, 3.63) is 9.81 Å². The van der Waals surface area contributed by atoms with Gasteiger partial charge in [0.1, 0.15) is 6.00 Å². The second kappa shape index (κ2) is 3.55. The molecule has 2 rings (SSSR count). The van der Waals surface area contributed by atoms with Crippen molar-refractivity contribution in [2.45, 2.75) is 0 Å². The summed E-state index contributed by atoms with van der Waals surface area (Å²) in [4.78, 5) is 25.3. The number of rotatable bonds is 1. The van der Waals surface area contributed by atoms with Crippen molar-refractivity contribution in [3.8, 4) is 0 Å². The number of amides is 2. The summed E-state index contributed by atoms with van der Waals surface area (Å²) in [7, 11) is 0. The molecule has 13 heavy (non-hydrogen) atoms. The predicted octanol–water partition coefficient (Wildman–Crippen LogP) is 1.24. The Morgan fingerprint density at radius 3 is 2.00 bits per heavy atom. The van der Waals surface area contributed by atoms with E-state index in [2.05, 4.69) is 0 Å². The summed E-state index contributed by atoms with van der Waals surface area (Å²) >= 11 is 8.41. The lowest BCUT2D eigenvalue weighted by atomic mass is 10.5. The van der Waals surface area contributed by atoms with Crippen LogP contribution in [0.4, 0.5) is 0 Å². The second-order valence-corrected chi connectivity index (χ2v) is 4.96. The summed E-state index contributed by atoms with van der Waals surface area (Å²) in [5, 5.41) is 0. The van der Waals surface area contributed by atoms with Crippen molar-refractivity contribution >= 4 is 46.9 Å². The van der Waals surface area contributed by atoms with Crippen LogP contribution in [0.1, 0.15) is 0 Å². The van der Waals surface area contributed by atoms with E-state index < -0.39 is 0 Å². The maximum atomic E-state index is 11.5. The lowest BCUT2D eigenvalue weighted by Crippen LogP contribution is -2.29. The molecule has 0 atom stereocenters. The number of halogens is 1. The van der Waals surface area contributed by atoms with Crippen LogP contribution < -0.4 is 0 Å². The van der Waals surface area contributed by atoms with Gasteiger partial charge in [-0.25, -0.2) is 0 Å². The van der Waals surface area contributed by atoms with Crippen LogP contribution >= 0.6 is 35.1 Å². The lowest BCUT2D eigenvalue weighted by Gasteiger charge is -2.08. The van der Waals surface area contributed by atoms with Gasteiger partial charge in [-0.15, -0.1) is 35.1 Å². The van der Waals surface area contributed by atoms with Crippen LogP contribution in [0.3, 0.4) is 0 Å². The number of carbonyl (C=O) groups excluding carboxylic acids is 2. The average molecular weight is 236 g/mol. The van der Waals surface area contributed by atoms with Gasteiger partial charge < -0.3 is 0 Å². The number of carbonyl (C=O) groups is 2. The first-order valence-electron chi connectivity index (χ1n) is 3.67. The highest BCUT2D eigenvalue weighted by molar-refractivity contribution is 8.11. The fourth-order valence-corrected chi connectivity index (χ4v) is 3.73. The van der Waals surface area contributed by atoms with E-state index in [1.54, 1.807) is 0 Å². The predicted molar refractivity (Wildman–Crippen MR) is 54.5 cm³/mol. The minimum atomic E-state index is -0.229. The monoisotopic (exact) mass is 235 g/mol. The summed E-state index contributed by atoms with van der Waals surface area (Å²) in [5.41, 5.74) is 0. The van der Waals surface area contributed by atoms with Crippen molar-refractivity contribution in [1.29, 1.82) is 0 Å². The third kappa shape index (κ3) is 1.39. The largest absolute Gasteiger partial charge is 0.269 e. The molecule has 0 spiro atoms. The molecule has 0 saturated carbocycles.